The highest BCUT2D eigenvalue weighted by Crippen LogP contribution is 2.28. The third-order valence-corrected chi connectivity index (χ3v) is 2.74. The fourth-order valence-corrected chi connectivity index (χ4v) is 1.84. The minimum atomic E-state index is 0.0481. The molecule has 1 atom stereocenters. The number of hydrogen-bond acceptors (Lipinski definition) is 2. The Hall–Kier alpha value is -1.46. The van der Waals surface area contributed by atoms with E-state index in [0.29, 0.717) is 0 Å². The quantitative estimate of drug-likeness (QED) is 0.759. The van der Waals surface area contributed by atoms with Crippen LogP contribution in [0.25, 0.3) is 0 Å². The zero-order chi connectivity index (χ0) is 10.7. The van der Waals surface area contributed by atoms with E-state index in [1.165, 1.54) is 5.56 Å². The van der Waals surface area contributed by atoms with Gasteiger partial charge < -0.3 is 10.5 Å². The summed E-state index contributed by atoms with van der Waals surface area (Å²) in [7, 11) is 0. The van der Waals surface area contributed by atoms with Gasteiger partial charge in [-0.1, -0.05) is 12.1 Å². The molecule has 1 heterocycles. The van der Waals surface area contributed by atoms with Crippen molar-refractivity contribution in [3.63, 3.8) is 0 Å². The van der Waals surface area contributed by atoms with Crippen LogP contribution >= 0.6 is 0 Å². The van der Waals surface area contributed by atoms with Crippen LogP contribution in [0, 0.1) is 12.3 Å². The second kappa shape index (κ2) is 4.37. The summed E-state index contributed by atoms with van der Waals surface area (Å²) < 4.78 is 5.44. The molecular formula is C13H15NO. The summed E-state index contributed by atoms with van der Waals surface area (Å²) in [5.41, 5.74) is 8.47. The molecule has 0 spiro atoms. The molecule has 2 N–H and O–H groups in total. The van der Waals surface area contributed by atoms with Crippen LogP contribution in [0.15, 0.2) is 18.2 Å². The molecule has 2 rings (SSSR count). The molecule has 0 amide bonds. The molecule has 0 saturated carbocycles. The third-order valence-electron chi connectivity index (χ3n) is 2.74. The Balaban J connectivity index is 2.12. The van der Waals surface area contributed by atoms with Crippen molar-refractivity contribution in [1.82, 2.24) is 0 Å². The SMILES string of the molecule is C#CCCC(N)c1ccc2c(c1)CCO2. The second-order valence-corrected chi connectivity index (χ2v) is 3.81. The van der Waals surface area contributed by atoms with Crippen molar-refractivity contribution < 1.29 is 4.74 Å². The number of fused-ring (bicyclic) bond motifs is 1. The van der Waals surface area contributed by atoms with Gasteiger partial charge in [-0.3, -0.25) is 0 Å². The average Bonchev–Trinajstić information content (AvgIpc) is 2.72. The van der Waals surface area contributed by atoms with Crippen molar-refractivity contribution in [3.05, 3.63) is 29.3 Å². The van der Waals surface area contributed by atoms with Gasteiger partial charge in [0.25, 0.3) is 0 Å². The van der Waals surface area contributed by atoms with Crippen LogP contribution in [0.4, 0.5) is 0 Å². The average molecular weight is 201 g/mol. The Morgan fingerprint density at radius 3 is 3.20 bits per heavy atom. The predicted octanol–water partition coefficient (Wildman–Crippen LogP) is 2.03. The summed E-state index contributed by atoms with van der Waals surface area (Å²) in [6.07, 6.45) is 7.78. The van der Waals surface area contributed by atoms with Crippen LogP contribution in [0.5, 0.6) is 5.75 Å². The van der Waals surface area contributed by atoms with Gasteiger partial charge in [0.15, 0.2) is 0 Å². The Morgan fingerprint density at radius 2 is 2.40 bits per heavy atom. The molecule has 0 fully saturated rings. The highest BCUT2D eigenvalue weighted by Gasteiger charge is 2.14. The van der Waals surface area contributed by atoms with Crippen LogP contribution in [0.2, 0.25) is 0 Å². The zero-order valence-corrected chi connectivity index (χ0v) is 8.70. The van der Waals surface area contributed by atoms with Gasteiger partial charge in [0, 0.05) is 18.9 Å². The molecule has 0 radical (unpaired) electrons. The topological polar surface area (TPSA) is 35.2 Å². The van der Waals surface area contributed by atoms with Gasteiger partial charge in [-0.2, -0.15) is 0 Å². The lowest BCUT2D eigenvalue weighted by Crippen LogP contribution is -2.09. The fraction of sp³-hybridized carbons (Fsp3) is 0.385. The van der Waals surface area contributed by atoms with E-state index < -0.39 is 0 Å². The van der Waals surface area contributed by atoms with Crippen molar-refractivity contribution >= 4 is 0 Å². The highest BCUT2D eigenvalue weighted by atomic mass is 16.5. The van der Waals surface area contributed by atoms with Crippen molar-refractivity contribution in [1.29, 1.82) is 0 Å². The molecule has 0 bridgehead atoms. The molecule has 2 nitrogen and oxygen atoms in total. The number of ether oxygens (including phenoxy) is 1. The highest BCUT2D eigenvalue weighted by molar-refractivity contribution is 5.40. The molecule has 0 aromatic heterocycles. The molecule has 2 heteroatoms. The Kier molecular flexibility index (Phi) is 2.94. The molecule has 0 aliphatic carbocycles. The lowest BCUT2D eigenvalue weighted by atomic mass is 10.00. The number of benzene rings is 1. The van der Waals surface area contributed by atoms with Gasteiger partial charge in [0.05, 0.1) is 6.61 Å². The van der Waals surface area contributed by atoms with E-state index in [0.717, 1.165) is 37.2 Å². The monoisotopic (exact) mass is 201 g/mol. The molecule has 15 heavy (non-hydrogen) atoms. The number of rotatable bonds is 3. The number of terminal acetylenes is 1. The van der Waals surface area contributed by atoms with Crippen LogP contribution in [-0.2, 0) is 6.42 Å². The van der Waals surface area contributed by atoms with Gasteiger partial charge >= 0.3 is 0 Å². The minimum Gasteiger partial charge on any atom is -0.493 e. The first-order valence-corrected chi connectivity index (χ1v) is 5.26. The van der Waals surface area contributed by atoms with E-state index in [1.54, 1.807) is 0 Å². The normalized spacial score (nSPS) is 15.2. The van der Waals surface area contributed by atoms with Gasteiger partial charge in [0.1, 0.15) is 5.75 Å². The van der Waals surface area contributed by atoms with Crippen LogP contribution in [-0.4, -0.2) is 6.61 Å². The number of hydrogen-bond donors (Lipinski definition) is 1. The lowest BCUT2D eigenvalue weighted by Gasteiger charge is -2.11. The molecule has 1 aliphatic rings. The van der Waals surface area contributed by atoms with Gasteiger partial charge in [0.2, 0.25) is 0 Å². The van der Waals surface area contributed by atoms with Gasteiger partial charge in [-0.05, 0) is 23.6 Å². The Morgan fingerprint density at radius 1 is 1.53 bits per heavy atom. The van der Waals surface area contributed by atoms with E-state index in [4.69, 9.17) is 16.9 Å². The van der Waals surface area contributed by atoms with Crippen LogP contribution in [0.1, 0.15) is 30.0 Å². The van der Waals surface area contributed by atoms with E-state index in [9.17, 15) is 0 Å². The lowest BCUT2D eigenvalue weighted by molar-refractivity contribution is 0.357. The summed E-state index contributed by atoms with van der Waals surface area (Å²) in [5.74, 6) is 3.62. The summed E-state index contributed by atoms with van der Waals surface area (Å²) in [5, 5.41) is 0. The van der Waals surface area contributed by atoms with Gasteiger partial charge in [-0.15, -0.1) is 12.3 Å². The summed E-state index contributed by atoms with van der Waals surface area (Å²) >= 11 is 0. The summed E-state index contributed by atoms with van der Waals surface area (Å²) in [6.45, 7) is 0.790. The first-order chi connectivity index (χ1) is 7.31. The first-order valence-electron chi connectivity index (χ1n) is 5.26. The molecular weight excluding hydrogens is 186 g/mol. The van der Waals surface area contributed by atoms with Crippen LogP contribution in [0.3, 0.4) is 0 Å². The standard InChI is InChI=1S/C13H15NO/c1-2-3-4-12(14)10-5-6-13-11(9-10)7-8-15-13/h1,5-6,9,12H,3-4,7-8,14H2. The van der Waals surface area contributed by atoms with Gasteiger partial charge in [-0.25, -0.2) is 0 Å². The Bertz CT molecular complexity index is 392. The largest absolute Gasteiger partial charge is 0.493 e. The van der Waals surface area contributed by atoms with Crippen molar-refractivity contribution in [3.8, 4) is 18.1 Å². The summed E-state index contributed by atoms with van der Waals surface area (Å²) in [4.78, 5) is 0. The Labute approximate surface area is 90.4 Å². The number of nitrogens with two attached hydrogens (primary N) is 1. The van der Waals surface area contributed by atoms with E-state index >= 15 is 0 Å². The molecule has 78 valence electrons. The third kappa shape index (κ3) is 2.14. The minimum absolute atomic E-state index is 0.0481. The molecule has 1 aromatic carbocycles. The molecule has 1 aromatic rings. The zero-order valence-electron chi connectivity index (χ0n) is 8.70. The van der Waals surface area contributed by atoms with Crippen LogP contribution < -0.4 is 10.5 Å². The van der Waals surface area contributed by atoms with E-state index in [2.05, 4.69) is 12.0 Å². The predicted molar refractivity (Wildman–Crippen MR) is 60.6 cm³/mol. The van der Waals surface area contributed by atoms with Crippen molar-refractivity contribution in [2.24, 2.45) is 5.73 Å². The summed E-state index contributed by atoms with van der Waals surface area (Å²) in [6, 6.07) is 6.23. The molecule has 0 saturated heterocycles. The maximum atomic E-state index is 6.04. The van der Waals surface area contributed by atoms with E-state index in [-0.39, 0.29) is 6.04 Å². The molecule has 1 unspecified atom stereocenters. The maximum absolute atomic E-state index is 6.04. The van der Waals surface area contributed by atoms with Crippen molar-refractivity contribution in [2.75, 3.05) is 6.61 Å². The fourth-order valence-electron chi connectivity index (χ4n) is 1.84. The van der Waals surface area contributed by atoms with Crippen molar-refractivity contribution in [2.45, 2.75) is 25.3 Å². The maximum Gasteiger partial charge on any atom is 0.122 e. The second-order valence-electron chi connectivity index (χ2n) is 3.81. The molecule has 1 aliphatic heterocycles. The first kappa shape index (κ1) is 10.1. The van der Waals surface area contributed by atoms with E-state index in [1.807, 2.05) is 12.1 Å². The smallest absolute Gasteiger partial charge is 0.122 e.